The van der Waals surface area contributed by atoms with Gasteiger partial charge in [0.25, 0.3) is 11.8 Å². The van der Waals surface area contributed by atoms with Crippen LogP contribution in [0.2, 0.25) is 5.02 Å². The van der Waals surface area contributed by atoms with E-state index in [4.69, 9.17) is 16.3 Å². The molecule has 1 atom stereocenters. The predicted octanol–water partition coefficient (Wildman–Crippen LogP) is 6.47. The summed E-state index contributed by atoms with van der Waals surface area (Å²) in [6, 6.07) is 30.5. The topological polar surface area (TPSA) is 65.1 Å². The van der Waals surface area contributed by atoms with Gasteiger partial charge in [0.15, 0.2) is 0 Å². The van der Waals surface area contributed by atoms with Crippen molar-refractivity contribution in [3.63, 3.8) is 0 Å². The maximum atomic E-state index is 13.5. The van der Waals surface area contributed by atoms with Gasteiger partial charge in [-0.3, -0.25) is 14.5 Å². The number of hydrogen-bond acceptors (Lipinski definition) is 5. The van der Waals surface area contributed by atoms with Crippen molar-refractivity contribution in [1.82, 2.24) is 4.90 Å². The fourth-order valence-electron chi connectivity index (χ4n) is 5.54. The Morgan fingerprint density at radius 3 is 2.39 bits per heavy atom. The van der Waals surface area contributed by atoms with Crippen LogP contribution in [0.25, 0.3) is 0 Å². The Hall–Kier alpha value is -4.49. The number of halogens is 1. The molecule has 2 aliphatic heterocycles. The van der Waals surface area contributed by atoms with Crippen molar-refractivity contribution in [1.29, 1.82) is 0 Å². The van der Waals surface area contributed by atoms with Gasteiger partial charge in [-0.2, -0.15) is 0 Å². The van der Waals surface area contributed by atoms with Crippen molar-refractivity contribution in [2.75, 3.05) is 47.9 Å². The summed E-state index contributed by atoms with van der Waals surface area (Å²) >= 11 is 6.39. The molecule has 208 valence electrons. The first-order valence-electron chi connectivity index (χ1n) is 13.8. The van der Waals surface area contributed by atoms with Crippen molar-refractivity contribution in [3.05, 3.63) is 119 Å². The summed E-state index contributed by atoms with van der Waals surface area (Å²) in [5.41, 5.74) is 4.66. The number of nitrogens with one attached hydrogen (secondary N) is 1. The van der Waals surface area contributed by atoms with Crippen LogP contribution in [0.1, 0.15) is 39.4 Å². The first-order chi connectivity index (χ1) is 20.0. The van der Waals surface area contributed by atoms with Gasteiger partial charge in [-0.25, -0.2) is 0 Å². The lowest BCUT2D eigenvalue weighted by Gasteiger charge is -2.36. The molecular formula is C33H31ClN4O3. The molecule has 1 saturated heterocycles. The molecule has 2 heterocycles. The molecule has 2 aliphatic rings. The second-order valence-corrected chi connectivity index (χ2v) is 10.5. The Bertz CT molecular complexity index is 1570. The third-order valence-corrected chi connectivity index (χ3v) is 7.88. The number of carbonyl (C=O) groups is 2. The second-order valence-electron chi connectivity index (χ2n) is 10.0. The number of para-hydroxylation sites is 1. The SMILES string of the molecule is CCOc1ccc(N2C(=O)c3ccccc3C2Nc2cccc(C(=O)N3CCN(c4ccccc4Cl)CC3)c2)cc1. The van der Waals surface area contributed by atoms with E-state index in [-0.39, 0.29) is 11.8 Å². The van der Waals surface area contributed by atoms with E-state index in [9.17, 15) is 9.59 Å². The van der Waals surface area contributed by atoms with E-state index in [2.05, 4.69) is 10.2 Å². The molecule has 8 heteroatoms. The third-order valence-electron chi connectivity index (χ3n) is 7.56. The van der Waals surface area contributed by atoms with Gasteiger partial charge in [-0.1, -0.05) is 48.0 Å². The Morgan fingerprint density at radius 2 is 1.63 bits per heavy atom. The lowest BCUT2D eigenvalue weighted by Crippen LogP contribution is -2.48. The van der Waals surface area contributed by atoms with Crippen LogP contribution in [0.3, 0.4) is 0 Å². The number of rotatable bonds is 7. The minimum atomic E-state index is -0.429. The molecule has 1 N–H and O–H groups in total. The Balaban J connectivity index is 1.20. The van der Waals surface area contributed by atoms with E-state index in [1.807, 2.05) is 109 Å². The van der Waals surface area contributed by atoms with E-state index >= 15 is 0 Å². The molecule has 1 unspecified atom stereocenters. The average molecular weight is 567 g/mol. The predicted molar refractivity (Wildman–Crippen MR) is 163 cm³/mol. The molecule has 4 aromatic carbocycles. The molecule has 41 heavy (non-hydrogen) atoms. The molecule has 7 nitrogen and oxygen atoms in total. The standard InChI is InChI=1S/C33H31ClN4O3/c1-2-41-26-16-14-25(15-17-26)38-31(27-10-3-4-11-28(27)33(38)40)35-24-9-7-8-23(22-24)32(39)37-20-18-36(19-21-37)30-13-6-5-12-29(30)34/h3-17,22,31,35H,2,18-21H2,1H3. The highest BCUT2D eigenvalue weighted by molar-refractivity contribution is 6.33. The van der Waals surface area contributed by atoms with Crippen LogP contribution in [0, 0.1) is 0 Å². The zero-order chi connectivity index (χ0) is 28.3. The fraction of sp³-hybridized carbons (Fsp3) is 0.212. The highest BCUT2D eigenvalue weighted by atomic mass is 35.5. The molecule has 0 saturated carbocycles. The number of amides is 2. The van der Waals surface area contributed by atoms with E-state index in [0.717, 1.165) is 33.4 Å². The number of nitrogens with zero attached hydrogens (tertiary/aromatic N) is 3. The van der Waals surface area contributed by atoms with Gasteiger partial charge in [0.2, 0.25) is 0 Å². The summed E-state index contributed by atoms with van der Waals surface area (Å²) in [7, 11) is 0. The summed E-state index contributed by atoms with van der Waals surface area (Å²) < 4.78 is 5.59. The van der Waals surface area contributed by atoms with E-state index in [1.54, 1.807) is 4.90 Å². The molecule has 4 aromatic rings. The summed E-state index contributed by atoms with van der Waals surface area (Å²) in [5.74, 6) is 0.661. The van der Waals surface area contributed by atoms with Gasteiger partial charge >= 0.3 is 0 Å². The molecular weight excluding hydrogens is 536 g/mol. The minimum Gasteiger partial charge on any atom is -0.494 e. The monoisotopic (exact) mass is 566 g/mol. The van der Waals surface area contributed by atoms with Crippen molar-refractivity contribution in [2.45, 2.75) is 13.1 Å². The summed E-state index contributed by atoms with van der Waals surface area (Å²) in [4.78, 5) is 32.9. The molecule has 0 bridgehead atoms. The molecule has 0 spiro atoms. The third kappa shape index (κ3) is 5.33. The average Bonchev–Trinajstić information content (AvgIpc) is 3.29. The van der Waals surface area contributed by atoms with E-state index < -0.39 is 6.17 Å². The highest BCUT2D eigenvalue weighted by Gasteiger charge is 2.37. The number of fused-ring (bicyclic) bond motifs is 1. The number of benzene rings is 4. The molecule has 0 radical (unpaired) electrons. The fourth-order valence-corrected chi connectivity index (χ4v) is 5.79. The molecule has 1 fully saturated rings. The summed E-state index contributed by atoms with van der Waals surface area (Å²) in [6.45, 7) is 5.16. The first-order valence-corrected chi connectivity index (χ1v) is 14.2. The van der Waals surface area contributed by atoms with Crippen LogP contribution in [0.15, 0.2) is 97.1 Å². The smallest absolute Gasteiger partial charge is 0.260 e. The van der Waals surface area contributed by atoms with E-state index in [0.29, 0.717) is 43.9 Å². The van der Waals surface area contributed by atoms with Gasteiger partial charge in [-0.05, 0) is 67.6 Å². The molecule has 6 rings (SSSR count). The number of hydrogen-bond donors (Lipinski definition) is 1. The number of anilines is 3. The second kappa shape index (κ2) is 11.6. The van der Waals surface area contributed by atoms with Crippen LogP contribution >= 0.6 is 11.6 Å². The number of carbonyl (C=O) groups excluding carboxylic acids is 2. The summed E-state index contributed by atoms with van der Waals surface area (Å²) in [5, 5.41) is 4.25. The van der Waals surface area contributed by atoms with Crippen LogP contribution in [0.4, 0.5) is 17.1 Å². The van der Waals surface area contributed by atoms with Crippen molar-refractivity contribution >= 4 is 40.5 Å². The lowest BCUT2D eigenvalue weighted by molar-refractivity contribution is 0.0746. The van der Waals surface area contributed by atoms with Gasteiger partial charge in [-0.15, -0.1) is 0 Å². The highest BCUT2D eigenvalue weighted by Crippen LogP contribution is 2.38. The van der Waals surface area contributed by atoms with Crippen LogP contribution in [-0.2, 0) is 0 Å². The largest absolute Gasteiger partial charge is 0.494 e. The van der Waals surface area contributed by atoms with Crippen molar-refractivity contribution in [2.24, 2.45) is 0 Å². The van der Waals surface area contributed by atoms with Crippen LogP contribution in [-0.4, -0.2) is 49.5 Å². The van der Waals surface area contributed by atoms with Crippen molar-refractivity contribution < 1.29 is 14.3 Å². The maximum Gasteiger partial charge on any atom is 0.260 e. The van der Waals surface area contributed by atoms with Crippen molar-refractivity contribution in [3.8, 4) is 5.75 Å². The number of ether oxygens (including phenoxy) is 1. The van der Waals surface area contributed by atoms with Gasteiger partial charge in [0.1, 0.15) is 11.9 Å². The quantitative estimate of drug-likeness (QED) is 0.278. The maximum absolute atomic E-state index is 13.5. The van der Waals surface area contributed by atoms with Gasteiger partial charge < -0.3 is 19.9 Å². The summed E-state index contributed by atoms with van der Waals surface area (Å²) in [6.07, 6.45) is -0.429. The Labute approximate surface area is 244 Å². The molecule has 0 aromatic heterocycles. The Morgan fingerprint density at radius 1 is 0.902 bits per heavy atom. The van der Waals surface area contributed by atoms with Crippen LogP contribution in [0.5, 0.6) is 5.75 Å². The zero-order valence-electron chi connectivity index (χ0n) is 22.8. The van der Waals surface area contributed by atoms with Crippen LogP contribution < -0.4 is 19.9 Å². The zero-order valence-corrected chi connectivity index (χ0v) is 23.6. The normalized spacial score (nSPS) is 16.5. The van der Waals surface area contributed by atoms with E-state index in [1.165, 1.54) is 0 Å². The molecule has 0 aliphatic carbocycles. The number of piperazine rings is 1. The van der Waals surface area contributed by atoms with Gasteiger partial charge in [0, 0.05) is 54.2 Å². The minimum absolute atomic E-state index is 0.0151. The van der Waals surface area contributed by atoms with Gasteiger partial charge in [0.05, 0.1) is 17.3 Å². The molecule has 2 amide bonds. The lowest BCUT2D eigenvalue weighted by atomic mass is 10.1. The Kier molecular flexibility index (Phi) is 7.53. The first kappa shape index (κ1) is 26.7.